The van der Waals surface area contributed by atoms with Gasteiger partial charge in [0.25, 0.3) is 0 Å². The van der Waals surface area contributed by atoms with Crippen molar-refractivity contribution in [2.24, 2.45) is 5.84 Å². The summed E-state index contributed by atoms with van der Waals surface area (Å²) in [5.74, 6) is 6.86. The molecule has 1 aliphatic rings. The van der Waals surface area contributed by atoms with Crippen LogP contribution in [0, 0.1) is 0 Å². The number of aromatic amines is 1. The van der Waals surface area contributed by atoms with Crippen LogP contribution in [0.3, 0.4) is 0 Å². The lowest BCUT2D eigenvalue weighted by Crippen LogP contribution is -2.37. The molecule has 4 aromatic rings. The van der Waals surface area contributed by atoms with Crippen molar-refractivity contribution in [2.45, 2.75) is 6.92 Å². The van der Waals surface area contributed by atoms with Crippen LogP contribution in [-0.4, -0.2) is 46.2 Å². The van der Waals surface area contributed by atoms with E-state index in [4.69, 9.17) is 20.5 Å². The van der Waals surface area contributed by atoms with Gasteiger partial charge in [0.15, 0.2) is 0 Å². The number of hydrogen-bond acceptors (Lipinski definition) is 7. The average molecular weight is 428 g/mol. The summed E-state index contributed by atoms with van der Waals surface area (Å²) in [6.07, 6.45) is 9.28. The van der Waals surface area contributed by atoms with E-state index in [9.17, 15) is 0 Å². The van der Waals surface area contributed by atoms with Crippen LogP contribution in [0.25, 0.3) is 33.4 Å². The Balaban J connectivity index is 1.68. The molecular weight excluding hydrogens is 402 g/mol. The highest BCUT2D eigenvalue weighted by Gasteiger charge is 2.20. The SMILES string of the molecule is C/C=C\N(N)c1cccc(-c2c[nH]c3c(-c4ccncc4)nc(N4CCOCC4)nc23)c1. The molecule has 0 radical (unpaired) electrons. The van der Waals surface area contributed by atoms with Gasteiger partial charge >= 0.3 is 0 Å². The fraction of sp³-hybridized carbons (Fsp3) is 0.208. The highest BCUT2D eigenvalue weighted by molar-refractivity contribution is 6.00. The Labute approximate surface area is 186 Å². The Morgan fingerprint density at radius 2 is 1.91 bits per heavy atom. The standard InChI is InChI=1S/C24H25N7O/c1-2-10-31(25)19-5-3-4-18(15-19)20-16-27-23-21(17-6-8-26-9-7-17)28-24(29-22(20)23)30-11-13-32-14-12-30/h2-10,15-16,27H,11-14,25H2,1H3/b10-2-. The third-order valence-electron chi connectivity index (χ3n) is 5.53. The first kappa shape index (κ1) is 20.2. The van der Waals surface area contributed by atoms with Gasteiger partial charge in [-0.2, -0.15) is 0 Å². The van der Waals surface area contributed by atoms with Crippen LogP contribution < -0.4 is 15.8 Å². The van der Waals surface area contributed by atoms with Crippen molar-refractivity contribution in [2.75, 3.05) is 36.2 Å². The Morgan fingerprint density at radius 3 is 2.69 bits per heavy atom. The number of H-pyrrole nitrogens is 1. The van der Waals surface area contributed by atoms with Gasteiger partial charge in [0.2, 0.25) is 5.95 Å². The van der Waals surface area contributed by atoms with Gasteiger partial charge in [0, 0.05) is 49.0 Å². The lowest BCUT2D eigenvalue weighted by molar-refractivity contribution is 0.122. The normalized spacial score (nSPS) is 14.4. The number of rotatable bonds is 5. The second-order valence-electron chi connectivity index (χ2n) is 7.57. The molecule has 0 amide bonds. The number of nitrogens with one attached hydrogen (secondary N) is 1. The predicted molar refractivity (Wildman–Crippen MR) is 127 cm³/mol. The third kappa shape index (κ3) is 3.81. The number of nitrogens with zero attached hydrogens (tertiary/aromatic N) is 5. The quantitative estimate of drug-likeness (QED) is 0.370. The molecule has 1 saturated heterocycles. The Hall–Kier alpha value is -3.75. The topological polar surface area (TPSA) is 96.2 Å². The van der Waals surface area contributed by atoms with Crippen molar-refractivity contribution >= 4 is 22.7 Å². The molecule has 8 heteroatoms. The summed E-state index contributed by atoms with van der Waals surface area (Å²) >= 11 is 0. The van der Waals surface area contributed by atoms with Gasteiger partial charge in [-0.3, -0.25) is 9.99 Å². The first-order chi connectivity index (χ1) is 15.7. The second kappa shape index (κ2) is 8.78. The molecule has 3 aromatic heterocycles. The molecule has 1 aliphatic heterocycles. The minimum Gasteiger partial charge on any atom is -0.378 e. The van der Waals surface area contributed by atoms with E-state index in [1.165, 1.54) is 0 Å². The largest absolute Gasteiger partial charge is 0.378 e. The molecule has 0 bridgehead atoms. The van der Waals surface area contributed by atoms with E-state index in [1.54, 1.807) is 17.4 Å². The number of morpholine rings is 1. The van der Waals surface area contributed by atoms with Gasteiger partial charge < -0.3 is 14.6 Å². The van der Waals surface area contributed by atoms with E-state index in [2.05, 4.69) is 27.0 Å². The van der Waals surface area contributed by atoms with Crippen molar-refractivity contribution in [1.29, 1.82) is 0 Å². The molecule has 0 atom stereocenters. The van der Waals surface area contributed by atoms with Crippen LogP contribution in [-0.2, 0) is 4.74 Å². The first-order valence-corrected chi connectivity index (χ1v) is 10.6. The number of hydrazine groups is 1. The monoisotopic (exact) mass is 427 g/mol. The van der Waals surface area contributed by atoms with E-state index in [0.717, 1.165) is 52.2 Å². The average Bonchev–Trinajstić information content (AvgIpc) is 3.29. The zero-order valence-electron chi connectivity index (χ0n) is 17.9. The van der Waals surface area contributed by atoms with Crippen LogP contribution in [0.2, 0.25) is 0 Å². The Morgan fingerprint density at radius 1 is 1.09 bits per heavy atom. The fourth-order valence-corrected chi connectivity index (χ4v) is 3.92. The zero-order chi connectivity index (χ0) is 21.9. The molecule has 4 heterocycles. The number of anilines is 2. The molecule has 0 saturated carbocycles. The molecule has 8 nitrogen and oxygen atoms in total. The maximum atomic E-state index is 6.15. The van der Waals surface area contributed by atoms with Crippen molar-refractivity contribution in [3.05, 3.63) is 67.3 Å². The van der Waals surface area contributed by atoms with E-state index in [-0.39, 0.29) is 0 Å². The number of allylic oxidation sites excluding steroid dienone is 1. The lowest BCUT2D eigenvalue weighted by atomic mass is 10.1. The minimum absolute atomic E-state index is 0.672. The van der Waals surface area contributed by atoms with E-state index in [0.29, 0.717) is 19.2 Å². The fourth-order valence-electron chi connectivity index (χ4n) is 3.92. The number of fused-ring (bicyclic) bond motifs is 1. The van der Waals surface area contributed by atoms with Crippen LogP contribution in [0.5, 0.6) is 0 Å². The number of pyridine rings is 1. The van der Waals surface area contributed by atoms with Gasteiger partial charge in [-0.15, -0.1) is 0 Å². The molecule has 0 aliphatic carbocycles. The molecule has 0 spiro atoms. The lowest BCUT2D eigenvalue weighted by Gasteiger charge is -2.27. The molecule has 0 unspecified atom stereocenters. The van der Waals surface area contributed by atoms with Gasteiger partial charge in [-0.05, 0) is 36.8 Å². The maximum absolute atomic E-state index is 6.15. The smallest absolute Gasteiger partial charge is 0.226 e. The maximum Gasteiger partial charge on any atom is 0.226 e. The summed E-state index contributed by atoms with van der Waals surface area (Å²) < 4.78 is 5.52. The van der Waals surface area contributed by atoms with Crippen molar-refractivity contribution in [1.82, 2.24) is 19.9 Å². The van der Waals surface area contributed by atoms with Crippen LogP contribution in [0.15, 0.2) is 67.3 Å². The molecule has 5 rings (SSSR count). The highest BCUT2D eigenvalue weighted by Crippen LogP contribution is 2.35. The molecular formula is C24H25N7O. The van der Waals surface area contributed by atoms with Crippen molar-refractivity contribution < 1.29 is 4.74 Å². The van der Waals surface area contributed by atoms with E-state index < -0.39 is 0 Å². The predicted octanol–water partition coefficient (Wildman–Crippen LogP) is 3.74. The number of ether oxygens (including phenoxy) is 1. The minimum atomic E-state index is 0.672. The number of benzene rings is 1. The summed E-state index contributed by atoms with van der Waals surface area (Å²) in [5, 5.41) is 1.61. The summed E-state index contributed by atoms with van der Waals surface area (Å²) in [7, 11) is 0. The Kier molecular flexibility index (Phi) is 5.53. The van der Waals surface area contributed by atoms with Crippen molar-refractivity contribution in [3.63, 3.8) is 0 Å². The van der Waals surface area contributed by atoms with Crippen LogP contribution in [0.1, 0.15) is 6.92 Å². The molecule has 32 heavy (non-hydrogen) atoms. The van der Waals surface area contributed by atoms with E-state index >= 15 is 0 Å². The van der Waals surface area contributed by atoms with Gasteiger partial charge in [0.05, 0.1) is 24.4 Å². The van der Waals surface area contributed by atoms with E-state index in [1.807, 2.05) is 49.7 Å². The van der Waals surface area contributed by atoms with Crippen molar-refractivity contribution in [3.8, 4) is 22.4 Å². The zero-order valence-corrected chi connectivity index (χ0v) is 17.9. The first-order valence-electron chi connectivity index (χ1n) is 10.6. The number of nitrogens with two attached hydrogens (primary N) is 1. The highest BCUT2D eigenvalue weighted by atomic mass is 16.5. The van der Waals surface area contributed by atoms with Crippen LogP contribution in [0.4, 0.5) is 11.6 Å². The number of hydrogen-bond donors (Lipinski definition) is 2. The molecule has 1 aromatic carbocycles. The summed E-state index contributed by atoms with van der Waals surface area (Å²) in [4.78, 5) is 19.7. The summed E-state index contributed by atoms with van der Waals surface area (Å²) in [5.41, 5.74) is 6.54. The van der Waals surface area contributed by atoms with Gasteiger partial charge in [-0.25, -0.2) is 15.8 Å². The number of aromatic nitrogens is 4. The summed E-state index contributed by atoms with van der Waals surface area (Å²) in [6, 6.07) is 12.0. The van der Waals surface area contributed by atoms with Gasteiger partial charge in [0.1, 0.15) is 11.2 Å². The molecule has 1 fully saturated rings. The van der Waals surface area contributed by atoms with Gasteiger partial charge in [-0.1, -0.05) is 18.2 Å². The second-order valence-corrected chi connectivity index (χ2v) is 7.57. The molecule has 162 valence electrons. The Bertz CT molecular complexity index is 1250. The van der Waals surface area contributed by atoms with Crippen LogP contribution >= 0.6 is 0 Å². The third-order valence-corrected chi connectivity index (χ3v) is 5.53. The summed E-state index contributed by atoms with van der Waals surface area (Å²) in [6.45, 7) is 4.81. The molecule has 3 N–H and O–H groups in total.